The van der Waals surface area contributed by atoms with Gasteiger partial charge in [-0.15, -0.1) is 0 Å². The van der Waals surface area contributed by atoms with E-state index in [1.165, 1.54) is 12.8 Å². The van der Waals surface area contributed by atoms with E-state index in [1.54, 1.807) is 48.5 Å². The number of carbonyl (C=O) groups is 2. The van der Waals surface area contributed by atoms with Crippen LogP contribution in [0.3, 0.4) is 0 Å². The molecule has 0 radical (unpaired) electrons. The summed E-state index contributed by atoms with van der Waals surface area (Å²) in [6.07, 6.45) is 4.63. The fraction of sp³-hybridized carbons (Fsp3) is 0.267. The Hall–Kier alpha value is -4.20. The van der Waals surface area contributed by atoms with Gasteiger partial charge in [0, 0.05) is 5.56 Å². The smallest absolute Gasteiger partial charge is 0.343 e. The third kappa shape index (κ3) is 8.44. The lowest BCUT2D eigenvalue weighted by Gasteiger charge is -2.18. The lowest BCUT2D eigenvalue weighted by Crippen LogP contribution is -2.37. The van der Waals surface area contributed by atoms with Crippen LogP contribution < -0.4 is 14.8 Å². The number of rotatable bonds is 13. The van der Waals surface area contributed by atoms with Crippen LogP contribution in [0.2, 0.25) is 0 Å². The van der Waals surface area contributed by atoms with Crippen LogP contribution in [-0.2, 0) is 6.42 Å². The van der Waals surface area contributed by atoms with Gasteiger partial charge in [0.25, 0.3) is 5.91 Å². The minimum Gasteiger partial charge on any atom is -0.511 e. The van der Waals surface area contributed by atoms with E-state index in [-0.39, 0.29) is 17.7 Å². The third-order valence-electron chi connectivity index (χ3n) is 5.82. The summed E-state index contributed by atoms with van der Waals surface area (Å²) in [6, 6.07) is 15.2. The van der Waals surface area contributed by atoms with Gasteiger partial charge in [-0.05, 0) is 73.0 Å². The van der Waals surface area contributed by atoms with Gasteiger partial charge in [-0.3, -0.25) is 4.79 Å². The maximum absolute atomic E-state index is 13.5. The fourth-order valence-electron chi connectivity index (χ4n) is 3.63. The molecule has 2 N–H and O–H groups in total. The SMILES string of the molecule is C=C(O)C(Cc1ccc(OC(=O)c2ccc(OCCCCCC)cc2)cc1)NC(=O)c1ccc(F)c(F)c1. The van der Waals surface area contributed by atoms with Gasteiger partial charge in [-0.1, -0.05) is 44.9 Å². The van der Waals surface area contributed by atoms with Crippen molar-refractivity contribution in [2.45, 2.75) is 45.1 Å². The van der Waals surface area contributed by atoms with Crippen molar-refractivity contribution in [1.29, 1.82) is 0 Å². The van der Waals surface area contributed by atoms with Crippen molar-refractivity contribution in [3.63, 3.8) is 0 Å². The Labute approximate surface area is 220 Å². The number of benzene rings is 3. The van der Waals surface area contributed by atoms with Gasteiger partial charge < -0.3 is 19.9 Å². The summed E-state index contributed by atoms with van der Waals surface area (Å²) < 4.78 is 37.7. The van der Waals surface area contributed by atoms with Gasteiger partial charge in [0.1, 0.15) is 17.3 Å². The summed E-state index contributed by atoms with van der Waals surface area (Å²) in [7, 11) is 0. The summed E-state index contributed by atoms with van der Waals surface area (Å²) in [5, 5.41) is 12.5. The Bertz CT molecular complexity index is 1240. The zero-order valence-electron chi connectivity index (χ0n) is 21.2. The van der Waals surface area contributed by atoms with E-state index in [0.717, 1.165) is 31.0 Å². The van der Waals surface area contributed by atoms with Crippen LogP contribution in [0.4, 0.5) is 8.78 Å². The van der Waals surface area contributed by atoms with Gasteiger partial charge in [-0.25, -0.2) is 13.6 Å². The van der Waals surface area contributed by atoms with E-state index in [4.69, 9.17) is 9.47 Å². The topological polar surface area (TPSA) is 84.9 Å². The van der Waals surface area contributed by atoms with Gasteiger partial charge >= 0.3 is 5.97 Å². The summed E-state index contributed by atoms with van der Waals surface area (Å²) in [5.74, 6) is -2.71. The third-order valence-corrected chi connectivity index (χ3v) is 5.82. The minimum atomic E-state index is -1.15. The molecule has 3 aromatic carbocycles. The number of amides is 1. The first-order valence-electron chi connectivity index (χ1n) is 12.4. The number of hydrogen-bond donors (Lipinski definition) is 2. The van der Waals surface area contributed by atoms with Crippen LogP contribution in [0.25, 0.3) is 0 Å². The molecule has 0 saturated carbocycles. The van der Waals surface area contributed by atoms with E-state index in [0.29, 0.717) is 29.2 Å². The van der Waals surface area contributed by atoms with Gasteiger partial charge in [0.15, 0.2) is 11.6 Å². The molecule has 3 rings (SSSR count). The number of aliphatic hydroxyl groups is 1. The second-order valence-electron chi connectivity index (χ2n) is 8.82. The minimum absolute atomic E-state index is 0.0935. The Morgan fingerprint density at radius 2 is 1.55 bits per heavy atom. The predicted octanol–water partition coefficient (Wildman–Crippen LogP) is 6.56. The number of ether oxygens (including phenoxy) is 2. The molecule has 0 aliphatic carbocycles. The second kappa shape index (κ2) is 13.9. The number of aliphatic hydroxyl groups excluding tert-OH is 1. The molecule has 38 heavy (non-hydrogen) atoms. The number of unbranched alkanes of at least 4 members (excludes halogenated alkanes) is 3. The summed E-state index contributed by atoms with van der Waals surface area (Å²) in [5.41, 5.74) is 0.990. The molecule has 0 aliphatic heterocycles. The molecule has 0 heterocycles. The number of hydrogen-bond acceptors (Lipinski definition) is 5. The first-order valence-corrected chi connectivity index (χ1v) is 12.4. The first kappa shape index (κ1) is 28.4. The maximum Gasteiger partial charge on any atom is 0.343 e. The van der Waals surface area contributed by atoms with E-state index in [2.05, 4.69) is 18.8 Å². The number of carbonyl (C=O) groups excluding carboxylic acids is 2. The van der Waals surface area contributed by atoms with E-state index >= 15 is 0 Å². The molecule has 1 unspecified atom stereocenters. The Morgan fingerprint density at radius 1 is 0.895 bits per heavy atom. The lowest BCUT2D eigenvalue weighted by atomic mass is 10.0. The highest BCUT2D eigenvalue weighted by molar-refractivity contribution is 5.94. The first-order chi connectivity index (χ1) is 18.3. The van der Waals surface area contributed by atoms with Crippen molar-refractivity contribution in [2.24, 2.45) is 0 Å². The zero-order valence-corrected chi connectivity index (χ0v) is 21.2. The monoisotopic (exact) mass is 523 g/mol. The molecule has 0 aliphatic rings. The highest BCUT2D eigenvalue weighted by atomic mass is 19.2. The molecule has 1 amide bonds. The lowest BCUT2D eigenvalue weighted by molar-refractivity contribution is 0.0734. The standard InChI is InChI=1S/C30H31F2NO5/c1-3-4-5-6-17-37-24-14-9-22(10-15-24)30(36)38-25-12-7-21(8-13-25)18-28(20(2)34)33-29(35)23-11-16-26(31)27(32)19-23/h7-16,19,28,34H,2-6,17-18H2,1H3,(H,33,35). The van der Waals surface area contributed by atoms with Crippen molar-refractivity contribution in [1.82, 2.24) is 5.32 Å². The van der Waals surface area contributed by atoms with E-state index < -0.39 is 29.6 Å². The molecule has 0 aromatic heterocycles. The summed E-state index contributed by atoms with van der Waals surface area (Å²) in [6.45, 7) is 6.27. The number of nitrogens with one attached hydrogen (secondary N) is 1. The van der Waals surface area contributed by atoms with Crippen molar-refractivity contribution < 1.29 is 33.0 Å². The molecule has 0 spiro atoms. The molecular weight excluding hydrogens is 492 g/mol. The van der Waals surface area contributed by atoms with Crippen molar-refractivity contribution in [3.05, 3.63) is 107 Å². The highest BCUT2D eigenvalue weighted by Gasteiger charge is 2.18. The Kier molecular flexibility index (Phi) is 10.4. The normalized spacial score (nSPS) is 11.4. The average molecular weight is 524 g/mol. The van der Waals surface area contributed by atoms with E-state index in [9.17, 15) is 23.5 Å². The van der Waals surface area contributed by atoms with Crippen molar-refractivity contribution in [2.75, 3.05) is 6.61 Å². The molecule has 8 heteroatoms. The largest absolute Gasteiger partial charge is 0.511 e. The van der Waals surface area contributed by atoms with Crippen LogP contribution >= 0.6 is 0 Å². The van der Waals surface area contributed by atoms with Crippen molar-refractivity contribution in [3.8, 4) is 11.5 Å². The molecule has 0 bridgehead atoms. The summed E-state index contributed by atoms with van der Waals surface area (Å²) in [4.78, 5) is 24.9. The van der Waals surface area contributed by atoms with Gasteiger partial charge in [0.2, 0.25) is 0 Å². The predicted molar refractivity (Wildman–Crippen MR) is 141 cm³/mol. The molecular formula is C30H31F2NO5. The molecule has 0 saturated heterocycles. The highest BCUT2D eigenvalue weighted by Crippen LogP contribution is 2.19. The number of esters is 1. The Balaban J connectivity index is 1.53. The zero-order chi connectivity index (χ0) is 27.5. The van der Waals surface area contributed by atoms with Crippen LogP contribution in [0.1, 0.15) is 58.9 Å². The second-order valence-corrected chi connectivity index (χ2v) is 8.82. The quantitative estimate of drug-likeness (QED) is 0.115. The fourth-order valence-corrected chi connectivity index (χ4v) is 3.63. The van der Waals surface area contributed by atoms with Crippen LogP contribution in [-0.4, -0.2) is 29.6 Å². The van der Waals surface area contributed by atoms with Crippen molar-refractivity contribution >= 4 is 11.9 Å². The number of halogens is 2. The maximum atomic E-state index is 13.5. The van der Waals surface area contributed by atoms with E-state index in [1.807, 2.05) is 0 Å². The molecule has 3 aromatic rings. The van der Waals surface area contributed by atoms with Crippen LogP contribution in [0.15, 0.2) is 79.1 Å². The molecule has 1 atom stereocenters. The molecule has 0 fully saturated rings. The van der Waals surface area contributed by atoms with Gasteiger partial charge in [-0.2, -0.15) is 0 Å². The molecule has 200 valence electrons. The average Bonchev–Trinajstić information content (AvgIpc) is 2.91. The molecule has 6 nitrogen and oxygen atoms in total. The summed E-state index contributed by atoms with van der Waals surface area (Å²) >= 11 is 0. The van der Waals surface area contributed by atoms with Crippen LogP contribution in [0.5, 0.6) is 11.5 Å². The van der Waals surface area contributed by atoms with Crippen LogP contribution in [0, 0.1) is 11.6 Å². The van der Waals surface area contributed by atoms with Gasteiger partial charge in [0.05, 0.1) is 18.2 Å². The Morgan fingerprint density at radius 3 is 2.18 bits per heavy atom.